The Kier molecular flexibility index (Phi) is 3.61. The fourth-order valence-electron chi connectivity index (χ4n) is 1.60. The summed E-state index contributed by atoms with van der Waals surface area (Å²) in [4.78, 5) is 26.7. The van der Waals surface area contributed by atoms with Crippen molar-refractivity contribution in [3.05, 3.63) is 42.5 Å². The van der Waals surface area contributed by atoms with Gasteiger partial charge in [0.05, 0.1) is 0 Å². The van der Waals surface area contributed by atoms with Crippen molar-refractivity contribution in [1.82, 2.24) is 9.55 Å². The van der Waals surface area contributed by atoms with Crippen LogP contribution in [0.25, 0.3) is 0 Å². The molecule has 0 aliphatic heterocycles. The predicted molar refractivity (Wildman–Crippen MR) is 72.1 cm³/mol. The van der Waals surface area contributed by atoms with Gasteiger partial charge < -0.3 is 10.6 Å². The number of aromatic nitrogens is 2. The number of nitrogens with one attached hydrogen (secondary N) is 2. The van der Waals surface area contributed by atoms with Crippen LogP contribution in [-0.4, -0.2) is 21.5 Å². The number of anilines is 2. The first-order valence-corrected chi connectivity index (χ1v) is 5.74. The third-order valence-electron chi connectivity index (χ3n) is 2.54. The van der Waals surface area contributed by atoms with E-state index in [1.165, 1.54) is 24.0 Å². The van der Waals surface area contributed by atoms with Crippen molar-refractivity contribution in [2.45, 2.75) is 13.8 Å². The number of carbonyl (C=O) groups is 2. The summed E-state index contributed by atoms with van der Waals surface area (Å²) in [7, 11) is 0. The maximum atomic E-state index is 11.9. The summed E-state index contributed by atoms with van der Waals surface area (Å²) in [5.41, 5.74) is 2.19. The average molecular weight is 258 g/mol. The van der Waals surface area contributed by atoms with Gasteiger partial charge in [-0.3, -0.25) is 9.36 Å². The number of aryl methyl sites for hydroxylation is 1. The second-order valence-corrected chi connectivity index (χ2v) is 4.11. The third kappa shape index (κ3) is 3.19. The average Bonchev–Trinajstić information content (AvgIpc) is 2.86. The van der Waals surface area contributed by atoms with Crippen molar-refractivity contribution in [3.63, 3.8) is 0 Å². The molecule has 0 atom stereocenters. The van der Waals surface area contributed by atoms with Crippen LogP contribution >= 0.6 is 0 Å². The topological polar surface area (TPSA) is 76.0 Å². The molecule has 2 amide bonds. The molecule has 98 valence electrons. The molecule has 2 N–H and O–H groups in total. The Morgan fingerprint density at radius 1 is 1.26 bits per heavy atom. The molecule has 0 spiro atoms. The number of rotatable bonds is 2. The van der Waals surface area contributed by atoms with Crippen LogP contribution in [0.15, 0.2) is 36.9 Å². The summed E-state index contributed by atoms with van der Waals surface area (Å²) in [5, 5.41) is 5.43. The molecular weight excluding hydrogens is 244 g/mol. The Hall–Kier alpha value is -2.63. The molecule has 0 saturated carbocycles. The quantitative estimate of drug-likeness (QED) is 0.867. The molecule has 0 bridgehead atoms. The van der Waals surface area contributed by atoms with Gasteiger partial charge in [0.2, 0.25) is 5.91 Å². The van der Waals surface area contributed by atoms with E-state index >= 15 is 0 Å². The van der Waals surface area contributed by atoms with Crippen molar-refractivity contribution >= 4 is 23.3 Å². The highest BCUT2D eigenvalue weighted by Crippen LogP contribution is 2.20. The highest BCUT2D eigenvalue weighted by molar-refractivity contribution is 5.94. The summed E-state index contributed by atoms with van der Waals surface area (Å²) in [6, 6.07) is 5.02. The van der Waals surface area contributed by atoms with Crippen LogP contribution in [0.3, 0.4) is 0 Å². The first kappa shape index (κ1) is 12.8. The van der Waals surface area contributed by atoms with Gasteiger partial charge in [0.1, 0.15) is 6.33 Å². The lowest BCUT2D eigenvalue weighted by Gasteiger charge is -2.11. The van der Waals surface area contributed by atoms with Gasteiger partial charge in [-0.2, -0.15) is 0 Å². The van der Waals surface area contributed by atoms with Gasteiger partial charge in [-0.25, -0.2) is 9.78 Å². The highest BCUT2D eigenvalue weighted by atomic mass is 16.2. The minimum atomic E-state index is -0.305. The van der Waals surface area contributed by atoms with Crippen molar-refractivity contribution in [3.8, 4) is 0 Å². The molecule has 0 aliphatic rings. The molecule has 0 saturated heterocycles. The van der Waals surface area contributed by atoms with Gasteiger partial charge in [-0.15, -0.1) is 0 Å². The number of hydrogen-bond acceptors (Lipinski definition) is 3. The number of hydrogen-bond donors (Lipinski definition) is 2. The lowest BCUT2D eigenvalue weighted by Crippen LogP contribution is -2.18. The van der Waals surface area contributed by atoms with E-state index in [1.807, 2.05) is 13.0 Å². The summed E-state index contributed by atoms with van der Waals surface area (Å²) in [6.07, 6.45) is 4.50. The molecule has 1 heterocycles. The maximum Gasteiger partial charge on any atom is 0.331 e. The molecule has 6 heteroatoms. The van der Waals surface area contributed by atoms with Gasteiger partial charge in [-0.1, -0.05) is 6.07 Å². The van der Waals surface area contributed by atoms with Crippen LogP contribution in [0, 0.1) is 6.92 Å². The Morgan fingerprint density at radius 2 is 2.05 bits per heavy atom. The van der Waals surface area contributed by atoms with Crippen molar-refractivity contribution in [2.24, 2.45) is 0 Å². The molecule has 0 aliphatic carbocycles. The second-order valence-electron chi connectivity index (χ2n) is 4.11. The van der Waals surface area contributed by atoms with Crippen LogP contribution in [0.1, 0.15) is 12.5 Å². The lowest BCUT2D eigenvalue weighted by molar-refractivity contribution is -0.114. The van der Waals surface area contributed by atoms with E-state index in [0.717, 1.165) is 5.56 Å². The van der Waals surface area contributed by atoms with Crippen molar-refractivity contribution in [2.75, 3.05) is 10.6 Å². The van der Waals surface area contributed by atoms with Gasteiger partial charge >= 0.3 is 6.03 Å². The minimum absolute atomic E-state index is 0.157. The fraction of sp³-hybridized carbons (Fsp3) is 0.154. The van der Waals surface area contributed by atoms with Crippen molar-refractivity contribution < 1.29 is 9.59 Å². The largest absolute Gasteiger partial charge is 0.331 e. The zero-order valence-corrected chi connectivity index (χ0v) is 10.7. The van der Waals surface area contributed by atoms with Crippen LogP contribution < -0.4 is 10.6 Å². The minimum Gasteiger partial charge on any atom is -0.326 e. The summed E-state index contributed by atoms with van der Waals surface area (Å²) in [6.45, 7) is 3.31. The molecule has 6 nitrogen and oxygen atoms in total. The van der Waals surface area contributed by atoms with Gasteiger partial charge in [0.15, 0.2) is 0 Å². The molecule has 0 radical (unpaired) electrons. The molecule has 19 heavy (non-hydrogen) atoms. The Bertz CT molecular complexity index is 605. The Labute approximate surface area is 110 Å². The van der Waals surface area contributed by atoms with E-state index in [2.05, 4.69) is 15.6 Å². The fourth-order valence-corrected chi connectivity index (χ4v) is 1.60. The molecule has 0 fully saturated rings. The van der Waals surface area contributed by atoms with Crippen LogP contribution in [0.5, 0.6) is 0 Å². The number of imidazole rings is 1. The summed E-state index contributed by atoms with van der Waals surface area (Å²) >= 11 is 0. The van der Waals surface area contributed by atoms with Crippen molar-refractivity contribution in [1.29, 1.82) is 0 Å². The first-order valence-electron chi connectivity index (χ1n) is 5.74. The van der Waals surface area contributed by atoms with E-state index < -0.39 is 0 Å². The van der Waals surface area contributed by atoms with E-state index in [4.69, 9.17) is 0 Å². The SMILES string of the molecule is CC(=O)Nc1ccc(C)c(NC(=O)n2ccnc2)c1. The first-order chi connectivity index (χ1) is 9.06. The molecule has 1 aromatic carbocycles. The second kappa shape index (κ2) is 5.34. The summed E-state index contributed by atoms with van der Waals surface area (Å²) in [5.74, 6) is -0.157. The molecular formula is C13H14N4O2. The Balaban J connectivity index is 2.19. The third-order valence-corrected chi connectivity index (χ3v) is 2.54. The molecule has 0 unspecified atom stereocenters. The standard InChI is InChI=1S/C13H14N4O2/c1-9-3-4-11(15-10(2)18)7-12(9)16-13(19)17-6-5-14-8-17/h3-8H,1-2H3,(H,15,18)(H,16,19). The monoisotopic (exact) mass is 258 g/mol. The highest BCUT2D eigenvalue weighted by Gasteiger charge is 2.07. The molecule has 1 aromatic heterocycles. The van der Waals surface area contributed by atoms with Crippen LogP contribution in [0.4, 0.5) is 16.2 Å². The van der Waals surface area contributed by atoms with Crippen LogP contribution in [-0.2, 0) is 4.79 Å². The van der Waals surface area contributed by atoms with E-state index in [0.29, 0.717) is 11.4 Å². The van der Waals surface area contributed by atoms with E-state index in [9.17, 15) is 9.59 Å². The Morgan fingerprint density at radius 3 is 2.68 bits per heavy atom. The normalized spacial score (nSPS) is 10.0. The van der Waals surface area contributed by atoms with E-state index in [-0.39, 0.29) is 11.9 Å². The number of nitrogens with zero attached hydrogens (tertiary/aromatic N) is 2. The maximum absolute atomic E-state index is 11.9. The molecule has 2 aromatic rings. The number of benzene rings is 1. The zero-order valence-electron chi connectivity index (χ0n) is 10.7. The number of amides is 2. The lowest BCUT2D eigenvalue weighted by atomic mass is 10.2. The number of carbonyl (C=O) groups excluding carboxylic acids is 2. The predicted octanol–water partition coefficient (Wildman–Crippen LogP) is 2.23. The van der Waals surface area contributed by atoms with Gasteiger partial charge in [0.25, 0.3) is 0 Å². The van der Waals surface area contributed by atoms with Crippen LogP contribution in [0.2, 0.25) is 0 Å². The van der Waals surface area contributed by atoms with Gasteiger partial charge in [0, 0.05) is 30.7 Å². The molecule has 2 rings (SSSR count). The zero-order chi connectivity index (χ0) is 13.8. The van der Waals surface area contributed by atoms with Gasteiger partial charge in [-0.05, 0) is 24.6 Å². The smallest absolute Gasteiger partial charge is 0.326 e. The van der Waals surface area contributed by atoms with E-state index in [1.54, 1.807) is 18.3 Å². The summed E-state index contributed by atoms with van der Waals surface area (Å²) < 4.78 is 1.34.